The van der Waals surface area contributed by atoms with Crippen molar-refractivity contribution in [3.05, 3.63) is 92.5 Å². The van der Waals surface area contributed by atoms with E-state index in [2.05, 4.69) is 27.7 Å². The predicted molar refractivity (Wildman–Crippen MR) is 151 cm³/mol. The van der Waals surface area contributed by atoms with E-state index in [9.17, 15) is 24.9 Å². The molecule has 206 valence electrons. The number of benzene rings is 3. The van der Waals surface area contributed by atoms with Gasteiger partial charge in [0, 0.05) is 16.7 Å². The number of phenols is 2. The summed E-state index contributed by atoms with van der Waals surface area (Å²) in [5.74, 6) is -2.13. The molecule has 0 spiro atoms. The van der Waals surface area contributed by atoms with Gasteiger partial charge in [0.2, 0.25) is 0 Å². The number of ether oxygens (including phenoxy) is 1. The van der Waals surface area contributed by atoms with E-state index in [1.54, 1.807) is 12.1 Å². The number of aryl methyl sites for hydroxylation is 4. The lowest BCUT2D eigenvalue weighted by molar-refractivity contribution is 0.0233. The highest BCUT2D eigenvalue weighted by molar-refractivity contribution is 6.02. The first-order valence-electron chi connectivity index (χ1n) is 14.0. The lowest BCUT2D eigenvalue weighted by Crippen LogP contribution is -2.32. The van der Waals surface area contributed by atoms with E-state index in [-0.39, 0.29) is 39.3 Å². The first-order chi connectivity index (χ1) is 18.7. The monoisotopic (exact) mass is 530 g/mol. The summed E-state index contributed by atoms with van der Waals surface area (Å²) < 4.78 is 6.19. The molecular weight excluding hydrogens is 492 g/mol. The van der Waals surface area contributed by atoms with Gasteiger partial charge in [0.25, 0.3) is 0 Å². The standard InChI is InChI=1S/C33H38O6/c1-5-10-20-16-26(28(34)18-22(20)12-7-3)33(27-17-21(11-6-2)23(13-8-4)19-29(27)35)30-24(31(36)37)14-9-15-25(30)32(38)39-33/h9,14-19,34-35H,5-8,10-13H2,1-4H3,(H,36,37). The van der Waals surface area contributed by atoms with Crippen LogP contribution in [0, 0.1) is 0 Å². The molecule has 0 aromatic heterocycles. The maximum Gasteiger partial charge on any atom is 0.340 e. The number of fused-ring (bicyclic) bond motifs is 1. The summed E-state index contributed by atoms with van der Waals surface area (Å²) in [5, 5.41) is 33.3. The van der Waals surface area contributed by atoms with Gasteiger partial charge in [-0.3, -0.25) is 0 Å². The topological polar surface area (TPSA) is 104 Å². The summed E-state index contributed by atoms with van der Waals surface area (Å²) in [7, 11) is 0. The molecule has 0 atom stereocenters. The Hall–Kier alpha value is -3.80. The summed E-state index contributed by atoms with van der Waals surface area (Å²) >= 11 is 0. The van der Waals surface area contributed by atoms with Crippen LogP contribution in [0.25, 0.3) is 0 Å². The summed E-state index contributed by atoms with van der Waals surface area (Å²) in [4.78, 5) is 25.9. The van der Waals surface area contributed by atoms with Crippen LogP contribution >= 0.6 is 0 Å². The van der Waals surface area contributed by atoms with Gasteiger partial charge >= 0.3 is 11.9 Å². The van der Waals surface area contributed by atoms with Crippen LogP contribution in [0.2, 0.25) is 0 Å². The average molecular weight is 531 g/mol. The molecular formula is C33H38O6. The molecule has 3 N–H and O–H groups in total. The third-order valence-electron chi connectivity index (χ3n) is 7.58. The van der Waals surface area contributed by atoms with Gasteiger partial charge in [0.05, 0.1) is 11.1 Å². The highest BCUT2D eigenvalue weighted by Crippen LogP contribution is 2.54. The highest BCUT2D eigenvalue weighted by atomic mass is 16.6. The number of carboxylic acid groups (broad SMARTS) is 1. The molecule has 6 heteroatoms. The summed E-state index contributed by atoms with van der Waals surface area (Å²) in [6, 6.07) is 11.6. The first-order valence-corrected chi connectivity index (χ1v) is 14.0. The minimum absolute atomic E-state index is 0.103. The number of aromatic hydroxyl groups is 2. The van der Waals surface area contributed by atoms with Crippen LogP contribution in [0.1, 0.15) is 113 Å². The molecule has 1 heterocycles. The number of hydrogen-bond donors (Lipinski definition) is 3. The molecule has 0 saturated carbocycles. The highest BCUT2D eigenvalue weighted by Gasteiger charge is 2.54. The molecule has 0 bridgehead atoms. The van der Waals surface area contributed by atoms with E-state index in [1.165, 1.54) is 18.2 Å². The Kier molecular flexibility index (Phi) is 8.34. The number of carboxylic acids is 1. The lowest BCUT2D eigenvalue weighted by atomic mass is 9.74. The number of phenolic OH excluding ortho intramolecular Hbond substituents is 2. The fraction of sp³-hybridized carbons (Fsp3) is 0.394. The summed E-state index contributed by atoms with van der Waals surface area (Å²) in [6.45, 7) is 8.28. The van der Waals surface area contributed by atoms with Crippen LogP contribution in [-0.4, -0.2) is 27.3 Å². The minimum Gasteiger partial charge on any atom is -0.507 e. The fourth-order valence-corrected chi connectivity index (χ4v) is 5.97. The van der Waals surface area contributed by atoms with Crippen LogP contribution in [0.5, 0.6) is 11.5 Å². The fourth-order valence-electron chi connectivity index (χ4n) is 5.97. The quantitative estimate of drug-likeness (QED) is 0.229. The second-order valence-electron chi connectivity index (χ2n) is 10.4. The molecule has 0 amide bonds. The molecule has 1 aliphatic rings. The molecule has 4 rings (SSSR count). The molecule has 0 saturated heterocycles. The van der Waals surface area contributed by atoms with Gasteiger partial charge in [-0.15, -0.1) is 0 Å². The molecule has 0 aliphatic carbocycles. The van der Waals surface area contributed by atoms with Gasteiger partial charge in [-0.2, -0.15) is 0 Å². The van der Waals surface area contributed by atoms with Gasteiger partial charge in [-0.05, 0) is 84.3 Å². The van der Waals surface area contributed by atoms with Crippen molar-refractivity contribution in [2.45, 2.75) is 84.7 Å². The minimum atomic E-state index is -1.84. The summed E-state index contributed by atoms with van der Waals surface area (Å²) in [5.41, 5.74) is 2.81. The van der Waals surface area contributed by atoms with Crippen molar-refractivity contribution in [2.24, 2.45) is 0 Å². The maximum atomic E-state index is 13.4. The number of carbonyl (C=O) groups excluding carboxylic acids is 1. The lowest BCUT2D eigenvalue weighted by Gasteiger charge is -2.33. The first kappa shape index (κ1) is 28.2. The zero-order valence-corrected chi connectivity index (χ0v) is 23.3. The smallest absolute Gasteiger partial charge is 0.340 e. The maximum absolute atomic E-state index is 13.4. The second-order valence-corrected chi connectivity index (χ2v) is 10.4. The molecule has 1 aliphatic heterocycles. The number of aromatic carboxylic acids is 1. The van der Waals surface area contributed by atoms with E-state index in [4.69, 9.17) is 4.74 Å². The Labute approximate surface area is 230 Å². The SMILES string of the molecule is CCCc1cc(O)c(C2(c3cc(CCC)c(CCC)cc3O)OC(=O)c3cccc(C(=O)O)c32)cc1CCC. The normalized spacial score (nSPS) is 13.8. The van der Waals surface area contributed by atoms with E-state index in [1.807, 2.05) is 12.1 Å². The van der Waals surface area contributed by atoms with Crippen molar-refractivity contribution in [3.63, 3.8) is 0 Å². The van der Waals surface area contributed by atoms with E-state index >= 15 is 0 Å². The summed E-state index contributed by atoms with van der Waals surface area (Å²) in [6.07, 6.45) is 6.52. The van der Waals surface area contributed by atoms with Gasteiger partial charge in [-0.1, -0.05) is 59.4 Å². The third-order valence-corrected chi connectivity index (χ3v) is 7.58. The Balaban J connectivity index is 2.17. The molecule has 3 aromatic rings. The van der Waals surface area contributed by atoms with Crippen molar-refractivity contribution in [1.29, 1.82) is 0 Å². The molecule has 0 unspecified atom stereocenters. The van der Waals surface area contributed by atoms with Crippen molar-refractivity contribution in [1.82, 2.24) is 0 Å². The van der Waals surface area contributed by atoms with Crippen LogP contribution in [0.4, 0.5) is 0 Å². The Morgan fingerprint density at radius 3 is 1.59 bits per heavy atom. The van der Waals surface area contributed by atoms with Crippen molar-refractivity contribution in [2.75, 3.05) is 0 Å². The molecule has 0 radical (unpaired) electrons. The van der Waals surface area contributed by atoms with Gasteiger partial charge < -0.3 is 20.1 Å². The van der Waals surface area contributed by atoms with E-state index in [0.717, 1.165) is 73.6 Å². The largest absolute Gasteiger partial charge is 0.507 e. The molecule has 0 fully saturated rings. The van der Waals surface area contributed by atoms with Gasteiger partial charge in [-0.25, -0.2) is 9.59 Å². The van der Waals surface area contributed by atoms with Crippen molar-refractivity contribution >= 4 is 11.9 Å². The zero-order valence-electron chi connectivity index (χ0n) is 23.3. The Morgan fingerprint density at radius 2 is 1.18 bits per heavy atom. The Bertz CT molecular complexity index is 1340. The van der Waals surface area contributed by atoms with Crippen molar-refractivity contribution in [3.8, 4) is 11.5 Å². The molecule has 6 nitrogen and oxygen atoms in total. The van der Waals surface area contributed by atoms with Crippen LogP contribution in [-0.2, 0) is 36.0 Å². The molecule has 3 aromatic carbocycles. The number of carbonyl (C=O) groups is 2. The Morgan fingerprint density at radius 1 is 0.744 bits per heavy atom. The van der Waals surface area contributed by atoms with Gasteiger partial charge in [0.1, 0.15) is 11.5 Å². The average Bonchev–Trinajstić information content (AvgIpc) is 3.20. The number of hydrogen-bond acceptors (Lipinski definition) is 5. The second kappa shape index (κ2) is 11.5. The van der Waals surface area contributed by atoms with Crippen LogP contribution in [0.15, 0.2) is 42.5 Å². The third kappa shape index (κ3) is 4.88. The van der Waals surface area contributed by atoms with E-state index < -0.39 is 17.5 Å². The van der Waals surface area contributed by atoms with Crippen LogP contribution < -0.4 is 0 Å². The molecule has 39 heavy (non-hydrogen) atoms. The number of esters is 1. The van der Waals surface area contributed by atoms with E-state index in [0.29, 0.717) is 0 Å². The van der Waals surface area contributed by atoms with Crippen molar-refractivity contribution < 1.29 is 29.6 Å². The predicted octanol–water partition coefficient (Wildman–Crippen LogP) is 7.07. The number of rotatable bonds is 11. The van der Waals surface area contributed by atoms with Crippen LogP contribution in [0.3, 0.4) is 0 Å². The zero-order chi connectivity index (χ0) is 28.3. The number of cyclic esters (lactones) is 1. The van der Waals surface area contributed by atoms with Gasteiger partial charge in [0.15, 0.2) is 5.60 Å².